The summed E-state index contributed by atoms with van der Waals surface area (Å²) in [6.45, 7) is 17.1. The van der Waals surface area contributed by atoms with Crippen LogP contribution in [0.2, 0.25) is 5.02 Å². The molecule has 1 N–H and O–H groups in total. The standard InChI is InChI=1S/C46H50ClFN8O5/c1-29-26-46(28-55(29)33-5-7-38(49-2)36(47)25-33)13-17-53(18-14-46)39-8-3-31(23-37(39)48)43(59)54-21-19-51(20-22-54)27-30-11-15-52(16-12-30)32-4-6-34-35(24-32)45(61)56(44(34)60)40-9-10-41(57)50-42(40)58/h3-8,23-25,29-30,40H,9-22,26-28H2,1H3,(H,50,57,58)/t29-,40?/m0/s1. The Balaban J connectivity index is 0.729. The molecular weight excluding hydrogens is 799 g/mol. The highest BCUT2D eigenvalue weighted by molar-refractivity contribution is 6.33. The molecular formula is C46H50ClFN8O5. The lowest BCUT2D eigenvalue weighted by atomic mass is 9.76. The first-order valence-electron chi connectivity index (χ1n) is 21.5. The van der Waals surface area contributed by atoms with Crippen LogP contribution in [0.4, 0.5) is 27.1 Å². The quantitative estimate of drug-likeness (QED) is 0.226. The Morgan fingerprint density at radius 3 is 2.26 bits per heavy atom. The van der Waals surface area contributed by atoms with Crippen molar-refractivity contribution in [1.82, 2.24) is 20.0 Å². The maximum absolute atomic E-state index is 15.7. The number of hydrogen-bond acceptors (Lipinski definition) is 9. The van der Waals surface area contributed by atoms with Crippen molar-refractivity contribution in [3.8, 4) is 0 Å². The van der Waals surface area contributed by atoms with Crippen molar-refractivity contribution < 1.29 is 28.4 Å². The van der Waals surface area contributed by atoms with E-state index in [1.807, 2.05) is 23.1 Å². The monoisotopic (exact) mass is 848 g/mol. The molecule has 5 amide bonds. The van der Waals surface area contributed by atoms with E-state index in [1.165, 1.54) is 6.07 Å². The van der Waals surface area contributed by atoms with Crippen LogP contribution < -0.4 is 20.0 Å². The fourth-order valence-corrected chi connectivity index (χ4v) is 10.8. The number of rotatable bonds is 7. The highest BCUT2D eigenvalue weighted by Gasteiger charge is 2.46. The van der Waals surface area contributed by atoms with Crippen molar-refractivity contribution in [1.29, 1.82) is 0 Å². The van der Waals surface area contributed by atoms with Crippen LogP contribution in [0.3, 0.4) is 0 Å². The molecule has 0 aromatic heterocycles. The fourth-order valence-electron chi connectivity index (χ4n) is 10.6. The normalized spacial score (nSPS) is 23.5. The molecule has 5 saturated heterocycles. The van der Waals surface area contributed by atoms with Crippen LogP contribution in [0, 0.1) is 23.7 Å². The molecule has 9 rings (SSSR count). The summed E-state index contributed by atoms with van der Waals surface area (Å²) in [4.78, 5) is 79.6. The molecule has 3 aromatic carbocycles. The minimum Gasteiger partial charge on any atom is -0.371 e. The highest BCUT2D eigenvalue weighted by Crippen LogP contribution is 2.46. The summed E-state index contributed by atoms with van der Waals surface area (Å²) < 4.78 is 15.7. The Morgan fingerprint density at radius 1 is 0.852 bits per heavy atom. The number of nitrogens with zero attached hydrogens (tertiary/aromatic N) is 7. The fraction of sp³-hybridized carbons (Fsp3) is 0.478. The maximum atomic E-state index is 15.7. The number of piperazine rings is 1. The number of halogens is 2. The van der Waals surface area contributed by atoms with Gasteiger partial charge in [0.05, 0.1) is 23.4 Å². The topological polar surface area (TPSA) is 121 Å². The summed E-state index contributed by atoms with van der Waals surface area (Å²) in [5.74, 6) is -2.06. The van der Waals surface area contributed by atoms with Crippen molar-refractivity contribution in [2.24, 2.45) is 11.3 Å². The molecule has 6 aliphatic heterocycles. The van der Waals surface area contributed by atoms with E-state index in [0.717, 1.165) is 101 Å². The van der Waals surface area contributed by atoms with Crippen LogP contribution in [0.25, 0.3) is 4.85 Å². The lowest BCUT2D eigenvalue weighted by Crippen LogP contribution is -2.54. The molecule has 61 heavy (non-hydrogen) atoms. The van der Waals surface area contributed by atoms with Gasteiger partial charge in [0.1, 0.15) is 11.9 Å². The summed E-state index contributed by atoms with van der Waals surface area (Å²) in [7, 11) is 0. The van der Waals surface area contributed by atoms with Crippen LogP contribution in [0.1, 0.15) is 82.9 Å². The van der Waals surface area contributed by atoms with Gasteiger partial charge in [-0.15, -0.1) is 0 Å². The molecule has 0 radical (unpaired) electrons. The molecule has 15 heteroatoms. The largest absolute Gasteiger partial charge is 0.371 e. The first-order valence-corrected chi connectivity index (χ1v) is 21.9. The van der Waals surface area contributed by atoms with Crippen LogP contribution in [-0.2, 0) is 9.59 Å². The molecule has 2 atom stereocenters. The number of amides is 5. The van der Waals surface area contributed by atoms with Gasteiger partial charge in [0.15, 0.2) is 0 Å². The second kappa shape index (κ2) is 16.4. The number of hydrogen-bond donors (Lipinski definition) is 1. The Morgan fingerprint density at radius 2 is 1.57 bits per heavy atom. The lowest BCUT2D eigenvalue weighted by Gasteiger charge is -2.40. The predicted octanol–water partition coefficient (Wildman–Crippen LogP) is 5.99. The van der Waals surface area contributed by atoms with Crippen molar-refractivity contribution in [2.75, 3.05) is 80.1 Å². The third-order valence-corrected chi connectivity index (χ3v) is 14.4. The highest BCUT2D eigenvalue weighted by atomic mass is 35.5. The van der Waals surface area contributed by atoms with Gasteiger partial charge < -0.3 is 19.6 Å². The smallest absolute Gasteiger partial charge is 0.262 e. The van der Waals surface area contributed by atoms with Crippen LogP contribution in [-0.4, -0.2) is 122 Å². The molecule has 3 aromatic rings. The number of benzene rings is 3. The van der Waals surface area contributed by atoms with Crippen LogP contribution >= 0.6 is 11.6 Å². The van der Waals surface area contributed by atoms with Gasteiger partial charge in [0.25, 0.3) is 17.7 Å². The Labute approximate surface area is 360 Å². The van der Waals surface area contributed by atoms with Gasteiger partial charge in [-0.25, -0.2) is 9.24 Å². The minimum absolute atomic E-state index is 0.0800. The zero-order chi connectivity index (χ0) is 42.6. The molecule has 1 unspecified atom stereocenters. The molecule has 1 spiro atoms. The number of anilines is 3. The Kier molecular flexibility index (Phi) is 11.0. The molecule has 13 nitrogen and oxygen atoms in total. The number of fused-ring (bicyclic) bond motifs is 1. The average molecular weight is 849 g/mol. The number of nitrogens with one attached hydrogen (secondary N) is 1. The lowest BCUT2D eigenvalue weighted by molar-refractivity contribution is -0.136. The van der Waals surface area contributed by atoms with Gasteiger partial charge >= 0.3 is 0 Å². The van der Waals surface area contributed by atoms with E-state index >= 15 is 4.39 Å². The number of carbonyl (C=O) groups is 5. The zero-order valence-electron chi connectivity index (χ0n) is 34.4. The molecule has 318 valence electrons. The van der Waals surface area contributed by atoms with E-state index < -0.39 is 29.7 Å². The van der Waals surface area contributed by atoms with Crippen molar-refractivity contribution in [3.63, 3.8) is 0 Å². The van der Waals surface area contributed by atoms with Crippen molar-refractivity contribution >= 4 is 63.9 Å². The average Bonchev–Trinajstić information content (AvgIpc) is 3.71. The third kappa shape index (κ3) is 7.82. The van der Waals surface area contributed by atoms with Gasteiger partial charge in [-0.2, -0.15) is 0 Å². The molecule has 6 aliphatic rings. The van der Waals surface area contributed by atoms with Gasteiger partial charge in [0, 0.05) is 99.9 Å². The summed E-state index contributed by atoms with van der Waals surface area (Å²) >= 11 is 6.37. The molecule has 5 fully saturated rings. The molecule has 0 aliphatic carbocycles. The molecule has 6 heterocycles. The van der Waals surface area contributed by atoms with E-state index in [9.17, 15) is 24.0 Å². The van der Waals surface area contributed by atoms with Crippen molar-refractivity contribution in [3.05, 3.63) is 93.5 Å². The molecule has 0 bridgehead atoms. The van der Waals surface area contributed by atoms with Crippen LogP contribution in [0.5, 0.6) is 0 Å². The van der Waals surface area contributed by atoms with Gasteiger partial charge in [0.2, 0.25) is 17.5 Å². The van der Waals surface area contributed by atoms with Gasteiger partial charge in [-0.1, -0.05) is 17.7 Å². The number of piperidine rings is 3. The maximum Gasteiger partial charge on any atom is 0.262 e. The van der Waals surface area contributed by atoms with Crippen molar-refractivity contribution in [2.45, 2.75) is 64.0 Å². The summed E-state index contributed by atoms with van der Waals surface area (Å²) in [6.07, 6.45) is 5.06. The van der Waals surface area contributed by atoms with E-state index in [1.54, 1.807) is 30.3 Å². The van der Waals surface area contributed by atoms with Gasteiger partial charge in [-0.05, 0) is 105 Å². The zero-order valence-corrected chi connectivity index (χ0v) is 35.1. The minimum atomic E-state index is -0.988. The van der Waals surface area contributed by atoms with Gasteiger partial charge in [-0.3, -0.25) is 39.1 Å². The second-order valence-corrected chi connectivity index (χ2v) is 18.2. The van der Waals surface area contributed by atoms with E-state index in [0.29, 0.717) is 47.0 Å². The summed E-state index contributed by atoms with van der Waals surface area (Å²) in [5, 5.41) is 2.71. The van der Waals surface area contributed by atoms with E-state index in [4.69, 9.17) is 18.2 Å². The molecule has 0 saturated carbocycles. The number of carbonyl (C=O) groups excluding carboxylic acids is 5. The summed E-state index contributed by atoms with van der Waals surface area (Å²) in [5.41, 5.74) is 3.98. The first-order chi connectivity index (χ1) is 29.4. The first kappa shape index (κ1) is 40.9. The van der Waals surface area contributed by atoms with E-state index in [-0.39, 0.29) is 41.1 Å². The SMILES string of the molecule is [C-]#[N+]c1ccc(N2CC3(CCN(c4ccc(C(=O)N5CCN(CC6CCN(c7ccc8c(c7)C(=O)N(C7CCC(=O)NC7=O)C8=O)CC6)CC5)cc4F)CC3)C[C@@H]2C)cc1Cl. The van der Waals surface area contributed by atoms with Crippen LogP contribution in [0.15, 0.2) is 54.6 Å². The Bertz CT molecular complexity index is 2330. The van der Waals surface area contributed by atoms with E-state index in [2.05, 4.69) is 36.7 Å². The third-order valence-electron chi connectivity index (χ3n) is 14.1. The number of imide groups is 2. The Hall–Kier alpha value is -5.52. The summed E-state index contributed by atoms with van der Waals surface area (Å²) in [6, 6.07) is 15.2. The predicted molar refractivity (Wildman–Crippen MR) is 230 cm³/mol. The second-order valence-electron chi connectivity index (χ2n) is 17.8.